The third-order valence-electron chi connectivity index (χ3n) is 3.45. The van der Waals surface area contributed by atoms with E-state index in [9.17, 15) is 13.2 Å². The van der Waals surface area contributed by atoms with Crippen molar-refractivity contribution in [3.8, 4) is 0 Å². The quantitative estimate of drug-likeness (QED) is 0.757. The van der Waals surface area contributed by atoms with Gasteiger partial charge in [0.1, 0.15) is 4.90 Å². The highest BCUT2D eigenvalue weighted by Crippen LogP contribution is 2.20. The van der Waals surface area contributed by atoms with Crippen molar-refractivity contribution in [1.82, 2.24) is 19.4 Å². The molecule has 0 bridgehead atoms. The summed E-state index contributed by atoms with van der Waals surface area (Å²) in [6.45, 7) is 2.74. The molecule has 3 N–H and O–H groups in total. The van der Waals surface area contributed by atoms with E-state index in [1.54, 1.807) is 18.9 Å². The first-order valence-electron chi connectivity index (χ1n) is 6.39. The van der Waals surface area contributed by atoms with Crippen LogP contribution in [0.1, 0.15) is 18.5 Å². The van der Waals surface area contributed by atoms with E-state index in [0.717, 1.165) is 12.8 Å². The van der Waals surface area contributed by atoms with Gasteiger partial charge < -0.3 is 10.6 Å². The normalized spacial score (nSPS) is 15.8. The lowest BCUT2D eigenvalue weighted by atomic mass is 10.4. The molecule has 1 aromatic rings. The Morgan fingerprint density at radius 1 is 1.40 bits per heavy atom. The van der Waals surface area contributed by atoms with Crippen LogP contribution in [0, 0.1) is 6.92 Å². The summed E-state index contributed by atoms with van der Waals surface area (Å²) in [7, 11) is -2.22. The number of aromatic nitrogens is 2. The smallest absolute Gasteiger partial charge is 0.246 e. The molecule has 0 aromatic carbocycles. The van der Waals surface area contributed by atoms with Gasteiger partial charge in [-0.15, -0.1) is 0 Å². The molecule has 0 aliphatic carbocycles. The first-order chi connectivity index (χ1) is 9.33. The number of nitrogens with one attached hydrogen (secondary N) is 1. The average molecular weight is 301 g/mol. The lowest BCUT2D eigenvalue weighted by Gasteiger charge is -2.15. The zero-order valence-electron chi connectivity index (χ0n) is 11.6. The van der Waals surface area contributed by atoms with Gasteiger partial charge in [-0.1, -0.05) is 0 Å². The van der Waals surface area contributed by atoms with Crippen LogP contribution in [0.3, 0.4) is 0 Å². The number of nitrogen functional groups attached to an aromatic ring is 1. The number of carbonyl (C=O) groups excluding carboxylic acids is 1. The predicted octanol–water partition coefficient (Wildman–Crippen LogP) is -0.789. The average Bonchev–Trinajstić information content (AvgIpc) is 2.96. The van der Waals surface area contributed by atoms with E-state index in [4.69, 9.17) is 5.73 Å². The summed E-state index contributed by atoms with van der Waals surface area (Å²) >= 11 is 0. The van der Waals surface area contributed by atoms with Gasteiger partial charge in [0.25, 0.3) is 0 Å². The fourth-order valence-corrected chi connectivity index (χ4v) is 3.55. The second-order valence-corrected chi connectivity index (χ2v) is 6.54. The van der Waals surface area contributed by atoms with Crippen molar-refractivity contribution < 1.29 is 13.2 Å². The molecule has 2 rings (SSSR count). The fraction of sp³-hybridized carbons (Fsp3) is 0.636. The zero-order valence-corrected chi connectivity index (χ0v) is 12.4. The molecule has 2 heterocycles. The van der Waals surface area contributed by atoms with Gasteiger partial charge >= 0.3 is 0 Å². The number of hydrogen-bond donors (Lipinski definition) is 2. The van der Waals surface area contributed by atoms with Crippen LogP contribution in [0.4, 0.5) is 5.82 Å². The Hall–Kier alpha value is -1.61. The second-order valence-electron chi connectivity index (χ2n) is 4.84. The van der Waals surface area contributed by atoms with Crippen molar-refractivity contribution in [3.05, 3.63) is 5.69 Å². The van der Waals surface area contributed by atoms with Crippen LogP contribution in [0.15, 0.2) is 4.90 Å². The van der Waals surface area contributed by atoms with Crippen LogP contribution in [0.2, 0.25) is 0 Å². The number of anilines is 1. The summed E-state index contributed by atoms with van der Waals surface area (Å²) < 4.78 is 28.1. The van der Waals surface area contributed by atoms with Gasteiger partial charge in [-0.25, -0.2) is 13.1 Å². The van der Waals surface area contributed by atoms with E-state index < -0.39 is 10.0 Å². The Balaban J connectivity index is 2.09. The number of nitrogens with two attached hydrogens (primary N) is 1. The molecule has 0 atom stereocenters. The topological polar surface area (TPSA) is 110 Å². The van der Waals surface area contributed by atoms with Crippen molar-refractivity contribution in [2.45, 2.75) is 24.7 Å². The lowest BCUT2D eigenvalue weighted by Crippen LogP contribution is -2.38. The van der Waals surface area contributed by atoms with Gasteiger partial charge in [0.05, 0.1) is 12.2 Å². The molecule has 0 radical (unpaired) electrons. The second kappa shape index (κ2) is 5.41. The molecule has 8 nitrogen and oxygen atoms in total. The van der Waals surface area contributed by atoms with Crippen molar-refractivity contribution in [2.24, 2.45) is 7.05 Å². The third-order valence-corrected chi connectivity index (χ3v) is 5.01. The number of amides is 1. The highest BCUT2D eigenvalue weighted by atomic mass is 32.2. The van der Waals surface area contributed by atoms with E-state index in [2.05, 4.69) is 9.82 Å². The number of sulfonamides is 1. The van der Waals surface area contributed by atoms with Crippen LogP contribution in [-0.2, 0) is 21.9 Å². The van der Waals surface area contributed by atoms with Gasteiger partial charge in [0, 0.05) is 20.1 Å². The molecule has 20 heavy (non-hydrogen) atoms. The molecule has 1 aromatic heterocycles. The van der Waals surface area contributed by atoms with E-state index in [0.29, 0.717) is 18.8 Å². The minimum absolute atomic E-state index is 0.0609. The SMILES string of the molecule is Cc1c(S(=O)(=O)NCC(=O)N2CCCC2)c(N)nn1C. The van der Waals surface area contributed by atoms with E-state index in [1.807, 2.05) is 0 Å². The summed E-state index contributed by atoms with van der Waals surface area (Å²) in [4.78, 5) is 13.4. The van der Waals surface area contributed by atoms with Crippen molar-refractivity contribution in [1.29, 1.82) is 0 Å². The Morgan fingerprint density at radius 3 is 2.50 bits per heavy atom. The number of likely N-dealkylation sites (tertiary alicyclic amines) is 1. The Labute approximate surface area is 118 Å². The summed E-state index contributed by atoms with van der Waals surface area (Å²) in [5, 5.41) is 3.86. The van der Waals surface area contributed by atoms with E-state index in [1.165, 1.54) is 4.68 Å². The van der Waals surface area contributed by atoms with Gasteiger partial charge in [0.15, 0.2) is 5.82 Å². The molecule has 1 aliphatic rings. The van der Waals surface area contributed by atoms with Crippen LogP contribution < -0.4 is 10.5 Å². The number of aryl methyl sites for hydroxylation is 1. The van der Waals surface area contributed by atoms with Gasteiger partial charge in [0.2, 0.25) is 15.9 Å². The molecule has 0 spiro atoms. The molecular formula is C11H19N5O3S. The lowest BCUT2D eigenvalue weighted by molar-refractivity contribution is -0.128. The summed E-state index contributed by atoms with van der Waals surface area (Å²) in [6.07, 6.45) is 1.93. The maximum absolute atomic E-state index is 12.2. The molecule has 112 valence electrons. The number of hydrogen-bond acceptors (Lipinski definition) is 5. The molecule has 1 saturated heterocycles. The van der Waals surface area contributed by atoms with Crippen molar-refractivity contribution in [2.75, 3.05) is 25.4 Å². The molecular weight excluding hydrogens is 282 g/mol. The summed E-state index contributed by atoms with van der Waals surface area (Å²) in [5.41, 5.74) is 6.04. The predicted molar refractivity (Wildman–Crippen MR) is 73.4 cm³/mol. The van der Waals surface area contributed by atoms with E-state index >= 15 is 0 Å². The van der Waals surface area contributed by atoms with Crippen LogP contribution in [-0.4, -0.2) is 48.6 Å². The fourth-order valence-electron chi connectivity index (χ4n) is 2.25. The van der Waals surface area contributed by atoms with E-state index in [-0.39, 0.29) is 23.2 Å². The Morgan fingerprint density at radius 2 is 2.00 bits per heavy atom. The maximum Gasteiger partial charge on any atom is 0.246 e. The number of carbonyl (C=O) groups is 1. The van der Waals surface area contributed by atoms with Gasteiger partial charge in [-0.3, -0.25) is 9.48 Å². The first-order valence-corrected chi connectivity index (χ1v) is 7.88. The number of rotatable bonds is 4. The molecule has 0 unspecified atom stereocenters. The minimum atomic E-state index is -3.83. The first kappa shape index (κ1) is 14.8. The third kappa shape index (κ3) is 2.78. The molecule has 0 saturated carbocycles. The van der Waals surface area contributed by atoms with Crippen LogP contribution >= 0.6 is 0 Å². The highest BCUT2D eigenvalue weighted by molar-refractivity contribution is 7.89. The standard InChI is InChI=1S/C11H19N5O3S/c1-8-10(11(12)14-15(8)2)20(18,19)13-7-9(17)16-5-3-4-6-16/h13H,3-7H2,1-2H3,(H2,12,14). The molecule has 1 fully saturated rings. The van der Waals surface area contributed by atoms with Gasteiger partial charge in [-0.2, -0.15) is 5.10 Å². The summed E-state index contributed by atoms with van der Waals surface area (Å²) in [5.74, 6) is -0.280. The highest BCUT2D eigenvalue weighted by Gasteiger charge is 2.26. The maximum atomic E-state index is 12.2. The molecule has 1 amide bonds. The van der Waals surface area contributed by atoms with Crippen LogP contribution in [0.25, 0.3) is 0 Å². The zero-order chi connectivity index (χ0) is 14.9. The van der Waals surface area contributed by atoms with Crippen molar-refractivity contribution >= 4 is 21.7 Å². The Kier molecular flexibility index (Phi) is 4.00. The van der Waals surface area contributed by atoms with Gasteiger partial charge in [-0.05, 0) is 19.8 Å². The monoisotopic (exact) mass is 301 g/mol. The summed E-state index contributed by atoms with van der Waals surface area (Å²) in [6, 6.07) is 0. The minimum Gasteiger partial charge on any atom is -0.381 e. The molecule has 9 heteroatoms. The molecule has 1 aliphatic heterocycles. The number of nitrogens with zero attached hydrogens (tertiary/aromatic N) is 3. The largest absolute Gasteiger partial charge is 0.381 e. The van der Waals surface area contributed by atoms with Crippen LogP contribution in [0.5, 0.6) is 0 Å². The van der Waals surface area contributed by atoms with Crippen molar-refractivity contribution in [3.63, 3.8) is 0 Å². The Bertz CT molecular complexity index is 616.